The second kappa shape index (κ2) is 4.03. The molecule has 12 heavy (non-hydrogen) atoms. The van der Waals surface area contributed by atoms with Crippen molar-refractivity contribution in [3.05, 3.63) is 33.8 Å². The standard InChI is InChI=1S/C9H12BrNO/c1-6-4-7(9(11)5-12)2-3-8(6)10/h2-4,9,12H,5,11H2,1H3/t9-/m1/s1. The van der Waals surface area contributed by atoms with Crippen molar-refractivity contribution < 1.29 is 5.11 Å². The average Bonchev–Trinajstić information content (AvgIpc) is 2.08. The van der Waals surface area contributed by atoms with Crippen molar-refractivity contribution in [2.24, 2.45) is 5.73 Å². The van der Waals surface area contributed by atoms with Gasteiger partial charge in [0.2, 0.25) is 0 Å². The normalized spacial score (nSPS) is 13.0. The summed E-state index contributed by atoms with van der Waals surface area (Å²) in [5.41, 5.74) is 7.75. The lowest BCUT2D eigenvalue weighted by molar-refractivity contribution is 0.268. The van der Waals surface area contributed by atoms with Crippen molar-refractivity contribution in [2.75, 3.05) is 6.61 Å². The van der Waals surface area contributed by atoms with Gasteiger partial charge >= 0.3 is 0 Å². The minimum Gasteiger partial charge on any atom is -0.394 e. The van der Waals surface area contributed by atoms with Crippen LogP contribution in [0, 0.1) is 6.92 Å². The summed E-state index contributed by atoms with van der Waals surface area (Å²) in [6, 6.07) is 5.57. The third kappa shape index (κ3) is 2.06. The summed E-state index contributed by atoms with van der Waals surface area (Å²) in [6.45, 7) is 1.98. The molecule has 0 heterocycles. The molecule has 0 bridgehead atoms. The molecule has 0 saturated carbocycles. The van der Waals surface area contributed by atoms with Gasteiger partial charge in [-0.05, 0) is 24.1 Å². The summed E-state index contributed by atoms with van der Waals surface area (Å²) in [4.78, 5) is 0. The SMILES string of the molecule is Cc1cc([C@H](N)CO)ccc1Br. The third-order valence-electron chi connectivity index (χ3n) is 1.81. The molecule has 0 amide bonds. The Morgan fingerprint density at radius 3 is 2.75 bits per heavy atom. The van der Waals surface area contributed by atoms with E-state index in [9.17, 15) is 0 Å². The molecule has 0 aromatic heterocycles. The molecule has 3 heteroatoms. The van der Waals surface area contributed by atoms with E-state index in [1.54, 1.807) is 0 Å². The Hall–Kier alpha value is -0.380. The number of rotatable bonds is 2. The lowest BCUT2D eigenvalue weighted by Crippen LogP contribution is -2.14. The zero-order chi connectivity index (χ0) is 9.14. The number of nitrogens with two attached hydrogens (primary N) is 1. The van der Waals surface area contributed by atoms with Crippen molar-refractivity contribution in [1.82, 2.24) is 0 Å². The Labute approximate surface area is 80.5 Å². The Kier molecular flexibility index (Phi) is 3.26. The average molecular weight is 230 g/mol. The monoisotopic (exact) mass is 229 g/mol. The number of hydrogen-bond donors (Lipinski definition) is 2. The number of aryl methyl sites for hydroxylation is 1. The van der Waals surface area contributed by atoms with Crippen LogP contribution in [0.2, 0.25) is 0 Å². The fourth-order valence-electron chi connectivity index (χ4n) is 1.00. The smallest absolute Gasteiger partial charge is 0.0624 e. The van der Waals surface area contributed by atoms with Gasteiger partial charge in [-0.2, -0.15) is 0 Å². The number of benzene rings is 1. The predicted molar refractivity (Wildman–Crippen MR) is 52.9 cm³/mol. The van der Waals surface area contributed by atoms with Crippen molar-refractivity contribution in [3.63, 3.8) is 0 Å². The highest BCUT2D eigenvalue weighted by molar-refractivity contribution is 9.10. The summed E-state index contributed by atoms with van der Waals surface area (Å²) in [7, 11) is 0. The fourth-order valence-corrected chi connectivity index (χ4v) is 1.25. The maximum absolute atomic E-state index is 8.81. The lowest BCUT2D eigenvalue weighted by Gasteiger charge is -2.09. The highest BCUT2D eigenvalue weighted by Gasteiger charge is 2.04. The zero-order valence-corrected chi connectivity index (χ0v) is 8.51. The minimum atomic E-state index is -0.267. The van der Waals surface area contributed by atoms with Gasteiger partial charge in [0.15, 0.2) is 0 Å². The van der Waals surface area contributed by atoms with E-state index in [4.69, 9.17) is 10.8 Å². The maximum atomic E-state index is 8.81. The molecule has 0 unspecified atom stereocenters. The first kappa shape index (κ1) is 9.71. The van der Waals surface area contributed by atoms with Crippen LogP contribution in [-0.4, -0.2) is 11.7 Å². The van der Waals surface area contributed by atoms with Gasteiger partial charge in [0.05, 0.1) is 12.6 Å². The number of hydrogen-bond acceptors (Lipinski definition) is 2. The van der Waals surface area contributed by atoms with E-state index < -0.39 is 0 Å². The maximum Gasteiger partial charge on any atom is 0.0624 e. The van der Waals surface area contributed by atoms with Gasteiger partial charge in [-0.1, -0.05) is 28.1 Å². The topological polar surface area (TPSA) is 46.2 Å². The zero-order valence-electron chi connectivity index (χ0n) is 6.92. The molecule has 2 nitrogen and oxygen atoms in total. The molecule has 0 aliphatic carbocycles. The summed E-state index contributed by atoms with van der Waals surface area (Å²) >= 11 is 3.40. The molecule has 1 atom stereocenters. The number of aliphatic hydroxyl groups excluding tert-OH is 1. The second-order valence-corrected chi connectivity index (χ2v) is 3.65. The van der Waals surface area contributed by atoms with Gasteiger partial charge in [0.1, 0.15) is 0 Å². The predicted octanol–water partition coefficient (Wildman–Crippen LogP) is 1.75. The molecular formula is C9H12BrNO. The molecule has 3 N–H and O–H groups in total. The quantitative estimate of drug-likeness (QED) is 0.812. The molecule has 0 aliphatic heterocycles. The van der Waals surface area contributed by atoms with E-state index in [0.717, 1.165) is 15.6 Å². The third-order valence-corrected chi connectivity index (χ3v) is 2.70. The Balaban J connectivity index is 2.96. The molecule has 1 rings (SSSR count). The van der Waals surface area contributed by atoms with E-state index >= 15 is 0 Å². The van der Waals surface area contributed by atoms with Crippen LogP contribution < -0.4 is 5.73 Å². The van der Waals surface area contributed by atoms with Crippen LogP contribution >= 0.6 is 15.9 Å². The van der Waals surface area contributed by atoms with Crippen LogP contribution in [0.3, 0.4) is 0 Å². The molecule has 66 valence electrons. The Bertz CT molecular complexity index is 275. The summed E-state index contributed by atoms with van der Waals surface area (Å²) < 4.78 is 1.07. The van der Waals surface area contributed by atoms with Crippen LogP contribution in [0.5, 0.6) is 0 Å². The van der Waals surface area contributed by atoms with Gasteiger partial charge in [0.25, 0.3) is 0 Å². The van der Waals surface area contributed by atoms with Crippen LogP contribution in [-0.2, 0) is 0 Å². The molecule has 1 aromatic rings. The first-order valence-electron chi connectivity index (χ1n) is 3.77. The minimum absolute atomic E-state index is 0.0128. The van der Waals surface area contributed by atoms with E-state index in [2.05, 4.69) is 15.9 Å². The van der Waals surface area contributed by atoms with E-state index in [-0.39, 0.29) is 12.6 Å². The Morgan fingerprint density at radius 1 is 1.58 bits per heavy atom. The van der Waals surface area contributed by atoms with Crippen molar-refractivity contribution in [1.29, 1.82) is 0 Å². The van der Waals surface area contributed by atoms with Crippen LogP contribution in [0.1, 0.15) is 17.2 Å². The van der Waals surface area contributed by atoms with E-state index in [1.807, 2.05) is 25.1 Å². The van der Waals surface area contributed by atoms with Crippen molar-refractivity contribution in [3.8, 4) is 0 Å². The van der Waals surface area contributed by atoms with Gasteiger partial charge in [0, 0.05) is 4.47 Å². The van der Waals surface area contributed by atoms with Crippen LogP contribution in [0.15, 0.2) is 22.7 Å². The largest absolute Gasteiger partial charge is 0.394 e. The van der Waals surface area contributed by atoms with E-state index in [1.165, 1.54) is 0 Å². The van der Waals surface area contributed by atoms with Crippen LogP contribution in [0.4, 0.5) is 0 Å². The molecule has 1 aromatic carbocycles. The summed E-state index contributed by atoms with van der Waals surface area (Å²) in [5, 5.41) is 8.81. The molecule has 0 radical (unpaired) electrons. The molecule has 0 aliphatic rings. The van der Waals surface area contributed by atoms with Crippen molar-refractivity contribution >= 4 is 15.9 Å². The molecule has 0 fully saturated rings. The van der Waals surface area contributed by atoms with Gasteiger partial charge in [-0.25, -0.2) is 0 Å². The lowest BCUT2D eigenvalue weighted by atomic mass is 10.1. The first-order chi connectivity index (χ1) is 5.65. The highest BCUT2D eigenvalue weighted by atomic mass is 79.9. The molecular weight excluding hydrogens is 218 g/mol. The summed E-state index contributed by atoms with van der Waals surface area (Å²) in [5.74, 6) is 0. The molecule has 0 spiro atoms. The van der Waals surface area contributed by atoms with Gasteiger partial charge < -0.3 is 10.8 Å². The van der Waals surface area contributed by atoms with Gasteiger partial charge in [-0.15, -0.1) is 0 Å². The number of aliphatic hydroxyl groups is 1. The van der Waals surface area contributed by atoms with Crippen LogP contribution in [0.25, 0.3) is 0 Å². The Morgan fingerprint density at radius 2 is 2.25 bits per heavy atom. The first-order valence-corrected chi connectivity index (χ1v) is 4.57. The number of halogens is 1. The van der Waals surface area contributed by atoms with Crippen molar-refractivity contribution in [2.45, 2.75) is 13.0 Å². The van der Waals surface area contributed by atoms with Gasteiger partial charge in [-0.3, -0.25) is 0 Å². The summed E-state index contributed by atoms with van der Waals surface area (Å²) in [6.07, 6.45) is 0. The fraction of sp³-hybridized carbons (Fsp3) is 0.333. The molecule has 0 saturated heterocycles. The van der Waals surface area contributed by atoms with E-state index in [0.29, 0.717) is 0 Å². The second-order valence-electron chi connectivity index (χ2n) is 2.80. The highest BCUT2D eigenvalue weighted by Crippen LogP contribution is 2.19.